The Hall–Kier alpha value is -0.570. The number of nitrogens with one attached hydrogen (secondary N) is 1. The van der Waals surface area contributed by atoms with Crippen LogP contribution in [0.25, 0.3) is 0 Å². The summed E-state index contributed by atoms with van der Waals surface area (Å²) in [6.45, 7) is 6.98. The molecule has 1 aliphatic carbocycles. The first kappa shape index (κ1) is 11.5. The molecule has 0 aromatic rings. The second kappa shape index (κ2) is 3.89. The summed E-state index contributed by atoms with van der Waals surface area (Å²) in [5, 5.41) is 11.9. The quantitative estimate of drug-likeness (QED) is 0.717. The van der Waals surface area contributed by atoms with Crippen LogP contribution >= 0.6 is 0 Å². The second-order valence-electron chi connectivity index (χ2n) is 5.67. The molecule has 0 unspecified atom stereocenters. The highest BCUT2D eigenvalue weighted by atomic mass is 16.3. The summed E-state index contributed by atoms with van der Waals surface area (Å²) in [5.41, 5.74) is 0.0631. The SMILES string of the molecule is CC(C)(C)CC(=O)NCC1(CO)CC1. The van der Waals surface area contributed by atoms with E-state index in [4.69, 9.17) is 5.11 Å². The normalized spacial score (nSPS) is 19.1. The first-order valence-corrected chi connectivity index (χ1v) is 5.25. The molecule has 0 aliphatic heterocycles. The maximum Gasteiger partial charge on any atom is 0.220 e. The Morgan fingerprint density at radius 2 is 2.00 bits per heavy atom. The molecular weight excluding hydrogens is 178 g/mol. The van der Waals surface area contributed by atoms with Crippen LogP contribution in [-0.2, 0) is 4.79 Å². The van der Waals surface area contributed by atoms with E-state index in [-0.39, 0.29) is 23.3 Å². The van der Waals surface area contributed by atoms with Gasteiger partial charge in [-0.3, -0.25) is 4.79 Å². The standard InChI is InChI=1S/C11H21NO2/c1-10(2,3)6-9(14)12-7-11(8-13)4-5-11/h13H,4-8H2,1-3H3,(H,12,14). The van der Waals surface area contributed by atoms with Gasteiger partial charge < -0.3 is 10.4 Å². The highest BCUT2D eigenvalue weighted by molar-refractivity contribution is 5.76. The molecule has 3 nitrogen and oxygen atoms in total. The van der Waals surface area contributed by atoms with E-state index in [0.717, 1.165) is 12.8 Å². The van der Waals surface area contributed by atoms with Gasteiger partial charge in [-0.1, -0.05) is 20.8 Å². The molecule has 0 aromatic heterocycles. The molecule has 2 N–H and O–H groups in total. The zero-order valence-corrected chi connectivity index (χ0v) is 9.39. The predicted molar refractivity (Wildman–Crippen MR) is 55.8 cm³/mol. The number of carbonyl (C=O) groups excluding carboxylic acids is 1. The van der Waals surface area contributed by atoms with Crippen LogP contribution in [0.3, 0.4) is 0 Å². The van der Waals surface area contributed by atoms with Gasteiger partial charge in [0.2, 0.25) is 5.91 Å². The topological polar surface area (TPSA) is 49.3 Å². The summed E-state index contributed by atoms with van der Waals surface area (Å²) in [6.07, 6.45) is 2.63. The van der Waals surface area contributed by atoms with E-state index >= 15 is 0 Å². The van der Waals surface area contributed by atoms with Gasteiger partial charge in [0, 0.05) is 18.4 Å². The first-order valence-electron chi connectivity index (χ1n) is 5.25. The highest BCUT2D eigenvalue weighted by Crippen LogP contribution is 2.44. The van der Waals surface area contributed by atoms with Gasteiger partial charge in [0.05, 0.1) is 6.61 Å². The fraction of sp³-hybridized carbons (Fsp3) is 0.909. The Morgan fingerprint density at radius 3 is 2.36 bits per heavy atom. The molecule has 0 bridgehead atoms. The molecule has 0 radical (unpaired) electrons. The van der Waals surface area contributed by atoms with Crippen LogP contribution in [0, 0.1) is 10.8 Å². The minimum atomic E-state index is 0.0214. The van der Waals surface area contributed by atoms with Crippen molar-refractivity contribution in [2.45, 2.75) is 40.0 Å². The molecular formula is C11H21NO2. The van der Waals surface area contributed by atoms with E-state index in [1.54, 1.807) is 0 Å². The first-order chi connectivity index (χ1) is 6.37. The lowest BCUT2D eigenvalue weighted by Crippen LogP contribution is -2.33. The van der Waals surface area contributed by atoms with Gasteiger partial charge in [-0.2, -0.15) is 0 Å². The summed E-state index contributed by atoms with van der Waals surface area (Å²) in [6, 6.07) is 0. The number of hydrogen-bond donors (Lipinski definition) is 2. The minimum Gasteiger partial charge on any atom is -0.396 e. The van der Waals surface area contributed by atoms with Crippen molar-refractivity contribution in [1.82, 2.24) is 5.32 Å². The van der Waals surface area contributed by atoms with Gasteiger partial charge in [-0.15, -0.1) is 0 Å². The summed E-state index contributed by atoms with van der Waals surface area (Å²) >= 11 is 0. The van der Waals surface area contributed by atoms with Crippen molar-refractivity contribution in [2.24, 2.45) is 10.8 Å². The summed E-state index contributed by atoms with van der Waals surface area (Å²) in [5.74, 6) is 0.0947. The van der Waals surface area contributed by atoms with E-state index in [1.807, 2.05) is 20.8 Å². The molecule has 0 aromatic carbocycles. The molecule has 1 rings (SSSR count). The van der Waals surface area contributed by atoms with E-state index in [9.17, 15) is 4.79 Å². The van der Waals surface area contributed by atoms with Crippen LogP contribution in [0.15, 0.2) is 0 Å². The molecule has 0 atom stereocenters. The Bertz CT molecular complexity index is 214. The zero-order valence-electron chi connectivity index (χ0n) is 9.39. The minimum absolute atomic E-state index is 0.0214. The monoisotopic (exact) mass is 199 g/mol. The third kappa shape index (κ3) is 3.66. The average Bonchev–Trinajstić information content (AvgIpc) is 2.78. The van der Waals surface area contributed by atoms with Gasteiger partial charge in [-0.25, -0.2) is 0 Å². The number of aliphatic hydroxyl groups is 1. The lowest BCUT2D eigenvalue weighted by molar-refractivity contribution is -0.123. The van der Waals surface area contributed by atoms with Crippen LogP contribution in [-0.4, -0.2) is 24.2 Å². The van der Waals surface area contributed by atoms with Gasteiger partial charge >= 0.3 is 0 Å². The number of aliphatic hydroxyl groups excluding tert-OH is 1. The average molecular weight is 199 g/mol. The van der Waals surface area contributed by atoms with Gasteiger partial charge in [0.25, 0.3) is 0 Å². The van der Waals surface area contributed by atoms with Crippen molar-refractivity contribution in [1.29, 1.82) is 0 Å². The van der Waals surface area contributed by atoms with Crippen molar-refractivity contribution in [3.63, 3.8) is 0 Å². The lowest BCUT2D eigenvalue weighted by Gasteiger charge is -2.19. The van der Waals surface area contributed by atoms with Crippen LogP contribution < -0.4 is 5.32 Å². The molecule has 82 valence electrons. The van der Waals surface area contributed by atoms with Crippen molar-refractivity contribution in [3.8, 4) is 0 Å². The smallest absolute Gasteiger partial charge is 0.220 e. The van der Waals surface area contributed by atoms with Crippen LogP contribution in [0.1, 0.15) is 40.0 Å². The number of hydrogen-bond acceptors (Lipinski definition) is 2. The van der Waals surface area contributed by atoms with E-state index in [1.165, 1.54) is 0 Å². The van der Waals surface area contributed by atoms with Gasteiger partial charge in [0.15, 0.2) is 0 Å². The van der Waals surface area contributed by atoms with Gasteiger partial charge in [-0.05, 0) is 18.3 Å². The highest BCUT2D eigenvalue weighted by Gasteiger charge is 2.42. The fourth-order valence-electron chi connectivity index (χ4n) is 1.40. The third-order valence-electron chi connectivity index (χ3n) is 2.64. The molecule has 3 heteroatoms. The number of amides is 1. The summed E-state index contributed by atoms with van der Waals surface area (Å²) < 4.78 is 0. The Balaban J connectivity index is 2.22. The maximum atomic E-state index is 11.5. The molecule has 0 spiro atoms. The lowest BCUT2D eigenvalue weighted by atomic mass is 9.92. The predicted octanol–water partition coefficient (Wildman–Crippen LogP) is 1.31. The molecule has 0 saturated heterocycles. The number of rotatable bonds is 4. The maximum absolute atomic E-state index is 11.5. The van der Waals surface area contributed by atoms with E-state index in [0.29, 0.717) is 13.0 Å². The van der Waals surface area contributed by atoms with Crippen LogP contribution in [0.4, 0.5) is 0 Å². The molecule has 1 saturated carbocycles. The third-order valence-corrected chi connectivity index (χ3v) is 2.64. The van der Waals surface area contributed by atoms with Crippen molar-refractivity contribution >= 4 is 5.91 Å². The van der Waals surface area contributed by atoms with Crippen molar-refractivity contribution in [2.75, 3.05) is 13.2 Å². The molecule has 14 heavy (non-hydrogen) atoms. The molecule has 1 amide bonds. The Kier molecular flexibility index (Phi) is 3.20. The molecule has 0 heterocycles. The number of carbonyl (C=O) groups is 1. The van der Waals surface area contributed by atoms with Crippen LogP contribution in [0.2, 0.25) is 0 Å². The second-order valence-corrected chi connectivity index (χ2v) is 5.67. The fourth-order valence-corrected chi connectivity index (χ4v) is 1.40. The summed E-state index contributed by atoms with van der Waals surface area (Å²) in [7, 11) is 0. The zero-order chi connectivity index (χ0) is 10.8. The largest absolute Gasteiger partial charge is 0.396 e. The molecule has 1 aliphatic rings. The Morgan fingerprint density at radius 1 is 1.43 bits per heavy atom. The van der Waals surface area contributed by atoms with E-state index < -0.39 is 0 Å². The Labute approximate surface area is 85.9 Å². The van der Waals surface area contributed by atoms with Crippen molar-refractivity contribution < 1.29 is 9.90 Å². The van der Waals surface area contributed by atoms with Crippen molar-refractivity contribution in [3.05, 3.63) is 0 Å². The van der Waals surface area contributed by atoms with E-state index in [2.05, 4.69) is 5.32 Å². The van der Waals surface area contributed by atoms with Crippen LogP contribution in [0.5, 0.6) is 0 Å². The van der Waals surface area contributed by atoms with Gasteiger partial charge in [0.1, 0.15) is 0 Å². The summed E-state index contributed by atoms with van der Waals surface area (Å²) in [4.78, 5) is 11.5. The molecule has 1 fully saturated rings.